The van der Waals surface area contributed by atoms with E-state index in [0.717, 1.165) is 13.1 Å². The maximum atomic E-state index is 12.2. The zero-order chi connectivity index (χ0) is 16.4. The van der Waals surface area contributed by atoms with Gasteiger partial charge in [-0.2, -0.15) is 13.2 Å². The average Bonchev–Trinajstić information content (AvgIpc) is 2.92. The number of alkyl halides is 3. The molecule has 1 aromatic heterocycles. The zero-order valence-corrected chi connectivity index (χ0v) is 13.0. The molecule has 1 rings (SSSR count). The lowest BCUT2D eigenvalue weighted by Gasteiger charge is -2.19. The minimum absolute atomic E-state index is 0.382. The minimum atomic E-state index is -4.14. The molecule has 0 aliphatic rings. The van der Waals surface area contributed by atoms with E-state index in [1.54, 1.807) is 7.05 Å². The van der Waals surface area contributed by atoms with Crippen molar-refractivity contribution in [3.63, 3.8) is 0 Å². The lowest BCUT2D eigenvalue weighted by molar-refractivity contribution is -0.143. The van der Waals surface area contributed by atoms with E-state index in [1.165, 1.54) is 11.9 Å². The van der Waals surface area contributed by atoms with Gasteiger partial charge in [-0.05, 0) is 32.1 Å². The van der Waals surface area contributed by atoms with E-state index in [9.17, 15) is 13.2 Å². The van der Waals surface area contributed by atoms with Gasteiger partial charge in [0.1, 0.15) is 0 Å². The van der Waals surface area contributed by atoms with Crippen molar-refractivity contribution in [2.24, 2.45) is 4.99 Å². The van der Waals surface area contributed by atoms with Crippen LogP contribution in [0.2, 0.25) is 0 Å². The molecule has 0 radical (unpaired) electrons. The molecule has 2 N–H and O–H groups in total. The van der Waals surface area contributed by atoms with Crippen molar-refractivity contribution in [3.8, 4) is 0 Å². The average molecular weight is 319 g/mol. The number of guanidine groups is 1. The molecule has 1 heterocycles. The van der Waals surface area contributed by atoms with Gasteiger partial charge in [0.2, 0.25) is 0 Å². The Bertz CT molecular complexity index is 428. The van der Waals surface area contributed by atoms with E-state index >= 15 is 0 Å². The SMILES string of the molecule is CN=C(NCCCN(C)CC(F)(F)F)NCCn1cccc1. The van der Waals surface area contributed by atoms with Gasteiger partial charge in [-0.3, -0.25) is 9.89 Å². The molecule has 0 spiro atoms. The standard InChI is InChI=1S/C14H24F3N5/c1-18-13(20-7-11-22-9-3-4-10-22)19-6-5-8-21(2)12-14(15,16)17/h3-4,9-10H,5-8,11-12H2,1-2H3,(H2,18,19,20). The Morgan fingerprint density at radius 1 is 1.18 bits per heavy atom. The summed E-state index contributed by atoms with van der Waals surface area (Å²) in [5, 5.41) is 6.25. The Morgan fingerprint density at radius 3 is 2.41 bits per heavy atom. The summed E-state index contributed by atoms with van der Waals surface area (Å²) in [6.45, 7) is 1.62. The topological polar surface area (TPSA) is 44.6 Å². The Hall–Kier alpha value is -1.70. The molecule has 0 bridgehead atoms. The molecule has 22 heavy (non-hydrogen) atoms. The summed E-state index contributed by atoms with van der Waals surface area (Å²) in [7, 11) is 3.14. The van der Waals surface area contributed by atoms with Gasteiger partial charge in [0, 0.05) is 39.1 Å². The molecule has 5 nitrogen and oxygen atoms in total. The second kappa shape index (κ2) is 9.34. The number of hydrogen-bond acceptors (Lipinski definition) is 2. The van der Waals surface area contributed by atoms with Gasteiger partial charge in [0.05, 0.1) is 6.54 Å². The second-order valence-corrected chi connectivity index (χ2v) is 5.05. The highest BCUT2D eigenvalue weighted by atomic mass is 19.4. The van der Waals surface area contributed by atoms with Crippen molar-refractivity contribution in [1.82, 2.24) is 20.1 Å². The first kappa shape index (κ1) is 18.3. The third kappa shape index (κ3) is 8.56. The maximum Gasteiger partial charge on any atom is 0.401 e. The van der Waals surface area contributed by atoms with Crippen LogP contribution in [-0.2, 0) is 6.54 Å². The molecule has 0 amide bonds. The van der Waals surface area contributed by atoms with E-state index < -0.39 is 12.7 Å². The van der Waals surface area contributed by atoms with Crippen molar-refractivity contribution in [1.29, 1.82) is 0 Å². The van der Waals surface area contributed by atoms with Crippen molar-refractivity contribution >= 4 is 5.96 Å². The van der Waals surface area contributed by atoms with Crippen LogP contribution in [-0.4, -0.2) is 61.9 Å². The molecule has 8 heteroatoms. The highest BCUT2D eigenvalue weighted by molar-refractivity contribution is 5.79. The largest absolute Gasteiger partial charge is 0.401 e. The highest BCUT2D eigenvalue weighted by Crippen LogP contribution is 2.15. The molecule has 0 atom stereocenters. The van der Waals surface area contributed by atoms with E-state index in [0.29, 0.717) is 25.5 Å². The van der Waals surface area contributed by atoms with Crippen molar-refractivity contribution in [2.75, 3.05) is 40.3 Å². The fourth-order valence-electron chi connectivity index (χ4n) is 1.98. The van der Waals surface area contributed by atoms with Crippen LogP contribution in [0, 0.1) is 0 Å². The molecule has 1 aromatic rings. The predicted octanol–water partition coefficient (Wildman–Crippen LogP) is 1.54. The van der Waals surface area contributed by atoms with Gasteiger partial charge >= 0.3 is 6.18 Å². The Kier molecular flexibility index (Phi) is 7.79. The van der Waals surface area contributed by atoms with Crippen LogP contribution in [0.4, 0.5) is 13.2 Å². The molecule has 0 saturated heterocycles. The first-order valence-electron chi connectivity index (χ1n) is 7.21. The second-order valence-electron chi connectivity index (χ2n) is 5.05. The lowest BCUT2D eigenvalue weighted by atomic mass is 10.4. The lowest BCUT2D eigenvalue weighted by Crippen LogP contribution is -2.40. The summed E-state index contributed by atoms with van der Waals surface area (Å²) in [5.41, 5.74) is 0. The summed E-state index contributed by atoms with van der Waals surface area (Å²) in [6.07, 6.45) is 0.436. The maximum absolute atomic E-state index is 12.2. The number of aromatic nitrogens is 1. The van der Waals surface area contributed by atoms with Gasteiger partial charge in [-0.1, -0.05) is 0 Å². The molecule has 0 fully saturated rings. The van der Waals surface area contributed by atoms with E-state index in [2.05, 4.69) is 15.6 Å². The normalized spacial score (nSPS) is 12.7. The molecule has 0 aliphatic carbocycles. The summed E-state index contributed by atoms with van der Waals surface area (Å²) >= 11 is 0. The highest BCUT2D eigenvalue weighted by Gasteiger charge is 2.28. The number of hydrogen-bond donors (Lipinski definition) is 2. The first-order valence-corrected chi connectivity index (χ1v) is 7.21. The fraction of sp³-hybridized carbons (Fsp3) is 0.643. The zero-order valence-electron chi connectivity index (χ0n) is 13.0. The quantitative estimate of drug-likeness (QED) is 0.434. The van der Waals surface area contributed by atoms with Crippen LogP contribution < -0.4 is 10.6 Å². The number of rotatable bonds is 8. The van der Waals surface area contributed by atoms with Gasteiger partial charge < -0.3 is 15.2 Å². The Balaban J connectivity index is 2.11. The Morgan fingerprint density at radius 2 is 1.82 bits per heavy atom. The number of halogens is 3. The third-order valence-corrected chi connectivity index (χ3v) is 3.01. The third-order valence-electron chi connectivity index (χ3n) is 3.01. The number of aliphatic imine (C=N–C) groups is 1. The van der Waals surface area contributed by atoms with E-state index in [4.69, 9.17) is 0 Å². The number of nitrogens with zero attached hydrogens (tertiary/aromatic N) is 3. The predicted molar refractivity (Wildman–Crippen MR) is 82.0 cm³/mol. The molecule has 0 unspecified atom stereocenters. The summed E-state index contributed by atoms with van der Waals surface area (Å²) in [6, 6.07) is 3.93. The van der Waals surface area contributed by atoms with Crippen LogP contribution >= 0.6 is 0 Å². The van der Waals surface area contributed by atoms with Crippen LogP contribution in [0.5, 0.6) is 0 Å². The van der Waals surface area contributed by atoms with E-state index in [1.807, 2.05) is 29.1 Å². The monoisotopic (exact) mass is 319 g/mol. The van der Waals surface area contributed by atoms with Crippen molar-refractivity contribution < 1.29 is 13.2 Å². The van der Waals surface area contributed by atoms with E-state index in [-0.39, 0.29) is 0 Å². The fourth-order valence-corrected chi connectivity index (χ4v) is 1.98. The summed E-state index contributed by atoms with van der Waals surface area (Å²) < 4.78 is 38.5. The molecule has 0 aliphatic heterocycles. The van der Waals surface area contributed by atoms with Crippen LogP contribution in [0.1, 0.15) is 6.42 Å². The van der Waals surface area contributed by atoms with Crippen LogP contribution in [0.3, 0.4) is 0 Å². The van der Waals surface area contributed by atoms with Gasteiger partial charge in [0.25, 0.3) is 0 Å². The van der Waals surface area contributed by atoms with Crippen LogP contribution in [0.25, 0.3) is 0 Å². The van der Waals surface area contributed by atoms with Crippen molar-refractivity contribution in [3.05, 3.63) is 24.5 Å². The van der Waals surface area contributed by atoms with Crippen LogP contribution in [0.15, 0.2) is 29.5 Å². The van der Waals surface area contributed by atoms with Gasteiger partial charge in [-0.25, -0.2) is 0 Å². The van der Waals surface area contributed by atoms with Gasteiger partial charge in [-0.15, -0.1) is 0 Å². The molecule has 126 valence electrons. The molecular formula is C14H24F3N5. The molecule has 0 saturated carbocycles. The minimum Gasteiger partial charge on any atom is -0.356 e. The summed E-state index contributed by atoms with van der Waals surface area (Å²) in [5.74, 6) is 0.658. The molecule has 0 aromatic carbocycles. The summed E-state index contributed by atoms with van der Waals surface area (Å²) in [4.78, 5) is 5.34. The number of nitrogens with one attached hydrogen (secondary N) is 2. The molecular weight excluding hydrogens is 295 g/mol. The smallest absolute Gasteiger partial charge is 0.356 e. The van der Waals surface area contributed by atoms with Gasteiger partial charge in [0.15, 0.2) is 5.96 Å². The van der Waals surface area contributed by atoms with Crippen molar-refractivity contribution in [2.45, 2.75) is 19.1 Å². The first-order chi connectivity index (χ1) is 10.4. The Labute approximate surface area is 129 Å².